The van der Waals surface area contributed by atoms with Crippen LogP contribution < -0.4 is 5.32 Å². The maximum absolute atomic E-state index is 13.3. The highest BCUT2D eigenvalue weighted by Gasteiger charge is 2.28. The van der Waals surface area contributed by atoms with Gasteiger partial charge in [-0.1, -0.05) is 12.1 Å². The molecule has 0 amide bonds. The van der Waals surface area contributed by atoms with Crippen LogP contribution in [0.25, 0.3) is 0 Å². The highest BCUT2D eigenvalue weighted by atomic mass is 127. The van der Waals surface area contributed by atoms with Crippen molar-refractivity contribution in [3.8, 4) is 0 Å². The van der Waals surface area contributed by atoms with Crippen LogP contribution in [0, 0.1) is 12.7 Å². The van der Waals surface area contributed by atoms with Gasteiger partial charge in [0, 0.05) is 38.6 Å². The van der Waals surface area contributed by atoms with Crippen molar-refractivity contribution in [2.45, 2.75) is 52.4 Å². The standard InChI is InChI=1S/C22H32FN5O.HI/c1-4-24-22(26-11-5-6-13-27-14-12-25-18(27)3)28-15-17(2)29-21(16-28)19-7-9-20(23)10-8-19;/h7-10,12,14,17,21H,4-6,11,13,15-16H2,1-3H3,(H,24,26);1H. The van der Waals surface area contributed by atoms with Crippen LogP contribution in [0.2, 0.25) is 0 Å². The zero-order valence-electron chi connectivity index (χ0n) is 18.1. The van der Waals surface area contributed by atoms with Crippen LogP contribution in [0.3, 0.4) is 0 Å². The van der Waals surface area contributed by atoms with Crippen LogP contribution in [0.4, 0.5) is 4.39 Å². The van der Waals surface area contributed by atoms with Crippen molar-refractivity contribution in [2.24, 2.45) is 4.99 Å². The molecule has 1 N–H and O–H groups in total. The van der Waals surface area contributed by atoms with Crippen molar-refractivity contribution >= 4 is 29.9 Å². The minimum atomic E-state index is -0.227. The molecule has 2 heterocycles. The lowest BCUT2D eigenvalue weighted by molar-refractivity contribution is -0.0605. The Morgan fingerprint density at radius 1 is 1.27 bits per heavy atom. The Morgan fingerprint density at radius 3 is 2.70 bits per heavy atom. The average molecular weight is 529 g/mol. The SMILES string of the molecule is CCNC(=NCCCCn1ccnc1C)N1CC(C)OC(c2ccc(F)cc2)C1.I. The summed E-state index contributed by atoms with van der Waals surface area (Å²) in [5, 5.41) is 3.41. The molecule has 2 aromatic rings. The molecular formula is C22H33FIN5O. The van der Waals surface area contributed by atoms with Crippen LogP contribution in [-0.2, 0) is 11.3 Å². The summed E-state index contributed by atoms with van der Waals surface area (Å²) in [6.45, 7) is 10.2. The molecule has 30 heavy (non-hydrogen) atoms. The van der Waals surface area contributed by atoms with E-state index in [4.69, 9.17) is 9.73 Å². The van der Waals surface area contributed by atoms with E-state index in [1.807, 2.05) is 19.3 Å². The number of aliphatic imine (C=N–C) groups is 1. The maximum Gasteiger partial charge on any atom is 0.194 e. The fourth-order valence-corrected chi connectivity index (χ4v) is 3.63. The summed E-state index contributed by atoms with van der Waals surface area (Å²) in [4.78, 5) is 11.4. The number of unbranched alkanes of at least 4 members (excludes halogenated alkanes) is 1. The summed E-state index contributed by atoms with van der Waals surface area (Å²) in [6, 6.07) is 6.59. The number of benzene rings is 1. The van der Waals surface area contributed by atoms with Gasteiger partial charge in [-0.2, -0.15) is 0 Å². The zero-order chi connectivity index (χ0) is 20.6. The lowest BCUT2D eigenvalue weighted by Crippen LogP contribution is -2.50. The van der Waals surface area contributed by atoms with Gasteiger partial charge in [0.15, 0.2) is 5.96 Å². The molecule has 2 atom stereocenters. The number of rotatable bonds is 7. The van der Waals surface area contributed by atoms with Gasteiger partial charge in [0.1, 0.15) is 17.7 Å². The van der Waals surface area contributed by atoms with Gasteiger partial charge < -0.3 is 19.5 Å². The lowest BCUT2D eigenvalue weighted by atomic mass is 10.1. The molecule has 1 fully saturated rings. The van der Waals surface area contributed by atoms with Gasteiger partial charge in [-0.3, -0.25) is 4.99 Å². The van der Waals surface area contributed by atoms with E-state index in [9.17, 15) is 4.39 Å². The quantitative estimate of drug-likeness (QED) is 0.254. The summed E-state index contributed by atoms with van der Waals surface area (Å²) in [6.07, 6.45) is 5.94. The number of hydrogen-bond donors (Lipinski definition) is 1. The van der Waals surface area contributed by atoms with E-state index in [0.29, 0.717) is 6.54 Å². The van der Waals surface area contributed by atoms with E-state index in [-0.39, 0.29) is 42.0 Å². The Morgan fingerprint density at radius 2 is 2.03 bits per heavy atom. The minimum Gasteiger partial charge on any atom is -0.367 e. The van der Waals surface area contributed by atoms with Crippen LogP contribution in [0.1, 0.15) is 44.2 Å². The molecule has 2 unspecified atom stereocenters. The Labute approximate surface area is 195 Å². The van der Waals surface area contributed by atoms with Crippen LogP contribution in [0.15, 0.2) is 41.7 Å². The second-order valence-corrected chi connectivity index (χ2v) is 7.50. The highest BCUT2D eigenvalue weighted by Crippen LogP contribution is 2.25. The number of nitrogens with zero attached hydrogens (tertiary/aromatic N) is 4. The number of ether oxygens (including phenoxy) is 1. The van der Waals surface area contributed by atoms with E-state index in [0.717, 1.165) is 56.4 Å². The van der Waals surface area contributed by atoms with E-state index >= 15 is 0 Å². The third kappa shape index (κ3) is 6.94. The van der Waals surface area contributed by atoms with Gasteiger partial charge in [-0.05, 0) is 51.3 Å². The fraction of sp³-hybridized carbons (Fsp3) is 0.545. The number of imidazole rings is 1. The predicted molar refractivity (Wildman–Crippen MR) is 129 cm³/mol. The van der Waals surface area contributed by atoms with Gasteiger partial charge in [0.25, 0.3) is 0 Å². The molecule has 1 saturated heterocycles. The Hall–Kier alpha value is -1.68. The number of guanidine groups is 1. The smallest absolute Gasteiger partial charge is 0.194 e. The number of nitrogens with one attached hydrogen (secondary N) is 1. The molecule has 0 bridgehead atoms. The number of morpholine rings is 1. The van der Waals surface area contributed by atoms with E-state index in [1.54, 1.807) is 12.1 Å². The van der Waals surface area contributed by atoms with Crippen LogP contribution >= 0.6 is 24.0 Å². The van der Waals surface area contributed by atoms with Crippen LogP contribution in [0.5, 0.6) is 0 Å². The Bertz CT molecular complexity index is 795. The first-order valence-electron chi connectivity index (χ1n) is 10.5. The normalized spacial score (nSPS) is 19.5. The highest BCUT2D eigenvalue weighted by molar-refractivity contribution is 14.0. The van der Waals surface area contributed by atoms with Gasteiger partial charge in [0.05, 0.1) is 12.6 Å². The topological polar surface area (TPSA) is 54.7 Å². The van der Waals surface area contributed by atoms with Gasteiger partial charge >= 0.3 is 0 Å². The molecule has 1 aromatic carbocycles. The van der Waals surface area contributed by atoms with Crippen LogP contribution in [-0.4, -0.2) is 52.7 Å². The van der Waals surface area contributed by atoms with Gasteiger partial charge in [-0.25, -0.2) is 9.37 Å². The molecule has 0 saturated carbocycles. The van der Waals surface area contributed by atoms with Crippen molar-refractivity contribution in [3.63, 3.8) is 0 Å². The number of halogens is 2. The summed E-state index contributed by atoms with van der Waals surface area (Å²) in [5.74, 6) is 1.75. The maximum atomic E-state index is 13.3. The molecular weight excluding hydrogens is 496 g/mol. The molecule has 0 spiro atoms. The predicted octanol–water partition coefficient (Wildman–Crippen LogP) is 4.16. The molecule has 6 nitrogen and oxygen atoms in total. The summed E-state index contributed by atoms with van der Waals surface area (Å²) < 4.78 is 21.5. The molecule has 8 heteroatoms. The van der Waals surface area contributed by atoms with E-state index in [2.05, 4.69) is 33.6 Å². The molecule has 0 radical (unpaired) electrons. The largest absolute Gasteiger partial charge is 0.367 e. The molecule has 1 aliphatic rings. The Kier molecular flexibility index (Phi) is 10.0. The molecule has 166 valence electrons. The van der Waals surface area contributed by atoms with E-state index in [1.165, 1.54) is 12.1 Å². The second kappa shape index (κ2) is 12.2. The van der Waals surface area contributed by atoms with Crippen molar-refractivity contribution in [3.05, 3.63) is 53.9 Å². The van der Waals surface area contributed by atoms with Crippen molar-refractivity contribution in [1.82, 2.24) is 19.8 Å². The van der Waals surface area contributed by atoms with Crippen molar-refractivity contribution in [2.75, 3.05) is 26.2 Å². The van der Waals surface area contributed by atoms with E-state index < -0.39 is 0 Å². The fourth-order valence-electron chi connectivity index (χ4n) is 3.63. The molecule has 1 aromatic heterocycles. The molecule has 3 rings (SSSR count). The zero-order valence-corrected chi connectivity index (χ0v) is 20.4. The molecule has 1 aliphatic heterocycles. The lowest BCUT2D eigenvalue weighted by Gasteiger charge is -2.38. The van der Waals surface area contributed by atoms with Gasteiger partial charge in [0.2, 0.25) is 0 Å². The third-order valence-electron chi connectivity index (χ3n) is 5.13. The van der Waals surface area contributed by atoms with Gasteiger partial charge in [-0.15, -0.1) is 24.0 Å². The monoisotopic (exact) mass is 529 g/mol. The minimum absolute atomic E-state index is 0. The third-order valence-corrected chi connectivity index (χ3v) is 5.13. The number of aryl methyl sites for hydroxylation is 2. The Balaban J connectivity index is 0.00000320. The summed E-state index contributed by atoms with van der Waals surface area (Å²) in [7, 11) is 0. The summed E-state index contributed by atoms with van der Waals surface area (Å²) >= 11 is 0. The second-order valence-electron chi connectivity index (χ2n) is 7.50. The van der Waals surface area contributed by atoms with Crippen molar-refractivity contribution < 1.29 is 9.13 Å². The number of hydrogen-bond acceptors (Lipinski definition) is 3. The first-order chi connectivity index (χ1) is 14.1. The molecule has 0 aliphatic carbocycles. The average Bonchev–Trinajstić information content (AvgIpc) is 3.11. The summed E-state index contributed by atoms with van der Waals surface area (Å²) in [5.41, 5.74) is 0.995. The van der Waals surface area contributed by atoms with Crippen molar-refractivity contribution in [1.29, 1.82) is 0 Å². The first-order valence-corrected chi connectivity index (χ1v) is 10.5. The number of aromatic nitrogens is 2. The first kappa shape index (κ1) is 24.6.